The Bertz CT molecular complexity index is 427. The minimum absolute atomic E-state index is 0.0541. The van der Waals surface area contributed by atoms with E-state index < -0.39 is 5.82 Å². The minimum Gasteiger partial charge on any atom is -0.490 e. The van der Waals surface area contributed by atoms with E-state index in [1.165, 1.54) is 6.07 Å². The number of nitrogens with one attached hydrogen (secondary N) is 1. The summed E-state index contributed by atoms with van der Waals surface area (Å²) in [4.78, 5) is 0. The lowest BCUT2D eigenvalue weighted by molar-refractivity contribution is 0.161. The molecule has 1 aromatic rings. The molecule has 0 fully saturated rings. The molecule has 0 aliphatic rings. The van der Waals surface area contributed by atoms with Crippen molar-refractivity contribution < 1.29 is 9.13 Å². The van der Waals surface area contributed by atoms with Gasteiger partial charge in [0.15, 0.2) is 11.6 Å². The van der Waals surface area contributed by atoms with Crippen molar-refractivity contribution in [2.75, 3.05) is 13.2 Å². The van der Waals surface area contributed by atoms with Gasteiger partial charge in [0.05, 0.1) is 11.6 Å². The largest absolute Gasteiger partial charge is 0.490 e. The van der Waals surface area contributed by atoms with Gasteiger partial charge >= 0.3 is 0 Å². The van der Waals surface area contributed by atoms with E-state index in [0.29, 0.717) is 6.61 Å². The van der Waals surface area contributed by atoms with Gasteiger partial charge in [-0.1, -0.05) is 31.5 Å². The Labute approximate surface area is 120 Å². The lowest BCUT2D eigenvalue weighted by Gasteiger charge is -2.30. The topological polar surface area (TPSA) is 21.3 Å². The van der Waals surface area contributed by atoms with Gasteiger partial charge in [0.25, 0.3) is 0 Å². The van der Waals surface area contributed by atoms with E-state index in [2.05, 4.69) is 39.9 Å². The molecule has 2 nitrogen and oxygen atoms in total. The third kappa shape index (κ3) is 5.79. The summed E-state index contributed by atoms with van der Waals surface area (Å²) in [6.45, 7) is 11.7. The Kier molecular flexibility index (Phi) is 5.22. The molecular weight excluding hydrogens is 265 g/mol. The molecule has 0 saturated carbocycles. The average Bonchev–Trinajstić information content (AvgIpc) is 2.28. The summed E-state index contributed by atoms with van der Waals surface area (Å²) in [6, 6.07) is 4.78. The van der Waals surface area contributed by atoms with E-state index in [1.807, 2.05) is 0 Å². The second-order valence-corrected chi connectivity index (χ2v) is 7.02. The van der Waals surface area contributed by atoms with Gasteiger partial charge in [-0.25, -0.2) is 4.39 Å². The van der Waals surface area contributed by atoms with Gasteiger partial charge in [-0.15, -0.1) is 0 Å². The molecule has 0 heterocycles. The van der Waals surface area contributed by atoms with Gasteiger partial charge in [-0.05, 0) is 32.9 Å². The molecule has 0 unspecified atom stereocenters. The lowest BCUT2D eigenvalue weighted by Crippen LogP contribution is -2.43. The standard InChI is InChI=1S/C15H23ClFNO/c1-14(2,3)18-9-15(4,5)10-19-12-8-6-7-11(16)13(12)17/h6-8,18H,9-10H2,1-5H3. The van der Waals surface area contributed by atoms with Crippen molar-refractivity contribution in [2.24, 2.45) is 5.41 Å². The fraction of sp³-hybridized carbons (Fsp3) is 0.600. The lowest BCUT2D eigenvalue weighted by atomic mass is 9.93. The highest BCUT2D eigenvalue weighted by Gasteiger charge is 2.22. The smallest absolute Gasteiger partial charge is 0.183 e. The first kappa shape index (κ1) is 16.3. The van der Waals surface area contributed by atoms with E-state index in [-0.39, 0.29) is 21.7 Å². The molecule has 0 amide bonds. The number of rotatable bonds is 5. The zero-order valence-electron chi connectivity index (χ0n) is 12.3. The number of benzene rings is 1. The summed E-state index contributed by atoms with van der Waals surface area (Å²) < 4.78 is 19.2. The summed E-state index contributed by atoms with van der Waals surface area (Å²) in [7, 11) is 0. The number of halogens is 2. The van der Waals surface area contributed by atoms with Crippen molar-refractivity contribution >= 4 is 11.6 Å². The van der Waals surface area contributed by atoms with Crippen LogP contribution in [0.3, 0.4) is 0 Å². The molecule has 1 rings (SSSR count). The monoisotopic (exact) mass is 287 g/mol. The molecule has 0 radical (unpaired) electrons. The first-order valence-electron chi connectivity index (χ1n) is 6.43. The number of hydrogen-bond acceptors (Lipinski definition) is 2. The average molecular weight is 288 g/mol. The summed E-state index contributed by atoms with van der Waals surface area (Å²) in [5, 5.41) is 3.51. The molecule has 0 aromatic heterocycles. The Morgan fingerprint density at radius 2 is 1.84 bits per heavy atom. The molecule has 19 heavy (non-hydrogen) atoms. The molecule has 1 N–H and O–H groups in total. The molecule has 0 spiro atoms. The van der Waals surface area contributed by atoms with Crippen LogP contribution in [-0.4, -0.2) is 18.7 Å². The first-order valence-corrected chi connectivity index (χ1v) is 6.80. The number of hydrogen-bond donors (Lipinski definition) is 1. The Morgan fingerprint density at radius 3 is 2.42 bits per heavy atom. The summed E-state index contributed by atoms with van der Waals surface area (Å²) in [5.41, 5.74) is -0.0411. The molecule has 0 atom stereocenters. The van der Waals surface area contributed by atoms with E-state index in [4.69, 9.17) is 16.3 Å². The van der Waals surface area contributed by atoms with Crippen LogP contribution in [-0.2, 0) is 0 Å². The summed E-state index contributed by atoms with van der Waals surface area (Å²) in [6.07, 6.45) is 0. The van der Waals surface area contributed by atoms with E-state index >= 15 is 0 Å². The first-order chi connectivity index (χ1) is 8.61. The highest BCUT2D eigenvalue weighted by molar-refractivity contribution is 6.30. The summed E-state index contributed by atoms with van der Waals surface area (Å²) in [5.74, 6) is -0.292. The van der Waals surface area contributed by atoms with Crippen molar-refractivity contribution in [1.82, 2.24) is 5.32 Å². The molecule has 108 valence electrons. The van der Waals surface area contributed by atoms with Crippen LogP contribution in [0.4, 0.5) is 4.39 Å². The third-order valence-electron chi connectivity index (χ3n) is 2.63. The second-order valence-electron chi connectivity index (χ2n) is 6.61. The van der Waals surface area contributed by atoms with Crippen molar-refractivity contribution in [1.29, 1.82) is 0 Å². The molecule has 0 saturated heterocycles. The highest BCUT2D eigenvalue weighted by Crippen LogP contribution is 2.26. The molecule has 1 aromatic carbocycles. The van der Waals surface area contributed by atoms with E-state index in [1.54, 1.807) is 12.1 Å². The van der Waals surface area contributed by atoms with Crippen molar-refractivity contribution in [3.05, 3.63) is 29.0 Å². The van der Waals surface area contributed by atoms with Gasteiger partial charge in [-0.2, -0.15) is 0 Å². The van der Waals surface area contributed by atoms with Gasteiger partial charge in [-0.3, -0.25) is 0 Å². The van der Waals surface area contributed by atoms with Gasteiger partial charge in [0.1, 0.15) is 0 Å². The van der Waals surface area contributed by atoms with Crippen LogP contribution in [0.25, 0.3) is 0 Å². The molecule has 0 aliphatic carbocycles. The van der Waals surface area contributed by atoms with Crippen molar-refractivity contribution in [3.8, 4) is 5.75 Å². The van der Waals surface area contributed by atoms with Crippen LogP contribution >= 0.6 is 11.6 Å². The minimum atomic E-state index is -0.497. The maximum Gasteiger partial charge on any atom is 0.183 e. The Hall–Kier alpha value is -0.800. The fourth-order valence-corrected chi connectivity index (χ4v) is 1.59. The maximum absolute atomic E-state index is 13.7. The van der Waals surface area contributed by atoms with Gasteiger partial charge in [0, 0.05) is 17.5 Å². The maximum atomic E-state index is 13.7. The predicted octanol–water partition coefficient (Wildman–Crippen LogP) is 4.27. The highest BCUT2D eigenvalue weighted by atomic mass is 35.5. The Balaban J connectivity index is 2.57. The van der Waals surface area contributed by atoms with Crippen molar-refractivity contribution in [2.45, 2.75) is 40.2 Å². The molecular formula is C15H23ClFNO. The van der Waals surface area contributed by atoms with E-state index in [0.717, 1.165) is 6.54 Å². The van der Waals surface area contributed by atoms with Crippen LogP contribution in [0.1, 0.15) is 34.6 Å². The normalized spacial score (nSPS) is 12.6. The van der Waals surface area contributed by atoms with Gasteiger partial charge in [0.2, 0.25) is 0 Å². The molecule has 0 bridgehead atoms. The predicted molar refractivity (Wildman–Crippen MR) is 78.4 cm³/mol. The number of ether oxygens (including phenoxy) is 1. The molecule has 4 heteroatoms. The van der Waals surface area contributed by atoms with Crippen LogP contribution in [0.5, 0.6) is 5.75 Å². The summed E-state index contributed by atoms with van der Waals surface area (Å²) >= 11 is 5.72. The molecule has 0 aliphatic heterocycles. The van der Waals surface area contributed by atoms with Crippen LogP contribution < -0.4 is 10.1 Å². The van der Waals surface area contributed by atoms with Crippen LogP contribution in [0.2, 0.25) is 5.02 Å². The SMILES string of the molecule is CC(C)(CNC(C)(C)C)COc1cccc(Cl)c1F. The zero-order chi connectivity index (χ0) is 14.7. The zero-order valence-corrected chi connectivity index (χ0v) is 13.1. The van der Waals surface area contributed by atoms with Crippen molar-refractivity contribution in [3.63, 3.8) is 0 Å². The van der Waals surface area contributed by atoms with Crippen LogP contribution in [0.15, 0.2) is 18.2 Å². The van der Waals surface area contributed by atoms with Crippen LogP contribution in [0, 0.1) is 11.2 Å². The Morgan fingerprint density at radius 1 is 1.21 bits per heavy atom. The quantitative estimate of drug-likeness (QED) is 0.873. The third-order valence-corrected chi connectivity index (χ3v) is 2.92. The van der Waals surface area contributed by atoms with Gasteiger partial charge < -0.3 is 10.1 Å². The second kappa shape index (κ2) is 6.10. The van der Waals surface area contributed by atoms with E-state index in [9.17, 15) is 4.39 Å². The fourth-order valence-electron chi connectivity index (χ4n) is 1.42.